The van der Waals surface area contributed by atoms with E-state index in [1.165, 1.54) is 11.1 Å². The number of aryl methyl sites for hydroxylation is 1. The molecule has 2 aromatic rings. The second-order valence-electron chi connectivity index (χ2n) is 4.80. The average molecular weight is 267 g/mol. The zero-order chi connectivity index (χ0) is 14.2. The van der Waals surface area contributed by atoms with E-state index >= 15 is 0 Å². The van der Waals surface area contributed by atoms with E-state index in [0.717, 1.165) is 5.69 Å². The van der Waals surface area contributed by atoms with Crippen molar-refractivity contribution in [3.8, 4) is 0 Å². The standard InChI is InChI=1S/C18H21NO/c1-3-17(19-18-12-8-7-9-15(18)2)14-20-13-16-10-5-4-6-11-16/h3-12,17,19H,1,13-14H2,2H3/t17-/m0/s1. The predicted molar refractivity (Wildman–Crippen MR) is 84.9 cm³/mol. The summed E-state index contributed by atoms with van der Waals surface area (Å²) >= 11 is 0. The minimum absolute atomic E-state index is 0.111. The van der Waals surface area contributed by atoms with E-state index < -0.39 is 0 Å². The van der Waals surface area contributed by atoms with Gasteiger partial charge < -0.3 is 10.1 Å². The van der Waals surface area contributed by atoms with Crippen LogP contribution >= 0.6 is 0 Å². The highest BCUT2D eigenvalue weighted by Crippen LogP contribution is 2.15. The minimum Gasteiger partial charge on any atom is -0.376 e. The van der Waals surface area contributed by atoms with Gasteiger partial charge in [-0.15, -0.1) is 6.58 Å². The molecule has 2 heteroatoms. The number of rotatable bonds is 7. The topological polar surface area (TPSA) is 21.3 Å². The van der Waals surface area contributed by atoms with Crippen molar-refractivity contribution in [3.05, 3.63) is 78.4 Å². The van der Waals surface area contributed by atoms with Gasteiger partial charge in [-0.25, -0.2) is 0 Å². The molecule has 0 bridgehead atoms. The van der Waals surface area contributed by atoms with Crippen molar-refractivity contribution in [2.75, 3.05) is 11.9 Å². The molecule has 2 nitrogen and oxygen atoms in total. The molecule has 0 heterocycles. The molecule has 2 rings (SSSR count). The van der Waals surface area contributed by atoms with Crippen LogP contribution in [0, 0.1) is 6.92 Å². The van der Waals surface area contributed by atoms with E-state index in [0.29, 0.717) is 13.2 Å². The zero-order valence-electron chi connectivity index (χ0n) is 11.9. The van der Waals surface area contributed by atoms with Crippen LogP contribution in [0.4, 0.5) is 5.69 Å². The lowest BCUT2D eigenvalue weighted by molar-refractivity contribution is 0.120. The molecule has 20 heavy (non-hydrogen) atoms. The van der Waals surface area contributed by atoms with Crippen molar-refractivity contribution in [2.45, 2.75) is 19.6 Å². The van der Waals surface area contributed by atoms with Crippen LogP contribution in [0.25, 0.3) is 0 Å². The summed E-state index contributed by atoms with van der Waals surface area (Å²) in [5, 5.41) is 3.44. The van der Waals surface area contributed by atoms with Gasteiger partial charge in [0.25, 0.3) is 0 Å². The quantitative estimate of drug-likeness (QED) is 0.760. The lowest BCUT2D eigenvalue weighted by Gasteiger charge is -2.18. The van der Waals surface area contributed by atoms with Crippen molar-refractivity contribution in [2.24, 2.45) is 0 Å². The molecular weight excluding hydrogens is 246 g/mol. The van der Waals surface area contributed by atoms with Gasteiger partial charge in [-0.3, -0.25) is 0 Å². The molecule has 2 aromatic carbocycles. The van der Waals surface area contributed by atoms with Crippen molar-refractivity contribution in [3.63, 3.8) is 0 Å². The van der Waals surface area contributed by atoms with E-state index in [4.69, 9.17) is 4.74 Å². The van der Waals surface area contributed by atoms with Crippen LogP contribution in [0.15, 0.2) is 67.3 Å². The highest BCUT2D eigenvalue weighted by atomic mass is 16.5. The summed E-state index contributed by atoms with van der Waals surface area (Å²) in [4.78, 5) is 0. The second-order valence-corrected chi connectivity index (χ2v) is 4.80. The van der Waals surface area contributed by atoms with E-state index in [-0.39, 0.29) is 6.04 Å². The fourth-order valence-corrected chi connectivity index (χ4v) is 1.98. The molecule has 1 N–H and O–H groups in total. The molecule has 0 saturated heterocycles. The summed E-state index contributed by atoms with van der Waals surface area (Å²) in [5.41, 5.74) is 3.54. The van der Waals surface area contributed by atoms with Gasteiger partial charge in [0.1, 0.15) is 0 Å². The Labute approximate surface area is 121 Å². The van der Waals surface area contributed by atoms with Gasteiger partial charge in [-0.05, 0) is 24.1 Å². The maximum Gasteiger partial charge on any atom is 0.0718 e. The first-order valence-corrected chi connectivity index (χ1v) is 6.86. The highest BCUT2D eigenvalue weighted by Gasteiger charge is 2.06. The van der Waals surface area contributed by atoms with Crippen LogP contribution in [0.2, 0.25) is 0 Å². The summed E-state index contributed by atoms with van der Waals surface area (Å²) in [5.74, 6) is 0. The molecule has 1 atom stereocenters. The lowest BCUT2D eigenvalue weighted by Crippen LogP contribution is -2.23. The molecule has 0 aliphatic heterocycles. The Hall–Kier alpha value is -2.06. The number of anilines is 1. The van der Waals surface area contributed by atoms with Gasteiger partial charge in [0, 0.05) is 5.69 Å². The molecule has 104 valence electrons. The molecular formula is C18H21NO. The Kier molecular flexibility index (Phi) is 5.39. The average Bonchev–Trinajstić information content (AvgIpc) is 2.49. The molecule has 0 unspecified atom stereocenters. The Balaban J connectivity index is 1.84. The Morgan fingerprint density at radius 3 is 2.50 bits per heavy atom. The summed E-state index contributed by atoms with van der Waals surface area (Å²) in [6, 6.07) is 18.5. The molecule has 0 radical (unpaired) electrons. The van der Waals surface area contributed by atoms with Crippen LogP contribution in [0.5, 0.6) is 0 Å². The number of para-hydroxylation sites is 1. The van der Waals surface area contributed by atoms with Crippen LogP contribution in [0.3, 0.4) is 0 Å². The van der Waals surface area contributed by atoms with Gasteiger partial charge in [0.05, 0.1) is 19.3 Å². The van der Waals surface area contributed by atoms with Gasteiger partial charge >= 0.3 is 0 Å². The van der Waals surface area contributed by atoms with Gasteiger partial charge in [-0.1, -0.05) is 54.6 Å². The van der Waals surface area contributed by atoms with Crippen molar-refractivity contribution in [1.29, 1.82) is 0 Å². The third kappa shape index (κ3) is 4.25. The normalized spacial score (nSPS) is 11.8. The largest absolute Gasteiger partial charge is 0.376 e. The first-order chi connectivity index (χ1) is 9.79. The fourth-order valence-electron chi connectivity index (χ4n) is 1.98. The second kappa shape index (κ2) is 7.51. The van der Waals surface area contributed by atoms with Crippen LogP contribution in [0.1, 0.15) is 11.1 Å². The van der Waals surface area contributed by atoms with Gasteiger partial charge in [0.2, 0.25) is 0 Å². The molecule has 0 spiro atoms. The number of hydrogen-bond donors (Lipinski definition) is 1. The maximum atomic E-state index is 5.75. The third-order valence-corrected chi connectivity index (χ3v) is 3.18. The van der Waals surface area contributed by atoms with Crippen LogP contribution in [-0.2, 0) is 11.3 Å². The van der Waals surface area contributed by atoms with Gasteiger partial charge in [0.15, 0.2) is 0 Å². The first kappa shape index (κ1) is 14.4. The Morgan fingerprint density at radius 1 is 1.10 bits per heavy atom. The number of benzene rings is 2. The van der Waals surface area contributed by atoms with E-state index in [9.17, 15) is 0 Å². The predicted octanol–water partition coefficient (Wildman–Crippen LogP) is 4.18. The molecule has 0 fully saturated rings. The number of ether oxygens (including phenoxy) is 1. The fraction of sp³-hybridized carbons (Fsp3) is 0.222. The SMILES string of the molecule is C=C[C@@H](COCc1ccccc1)Nc1ccccc1C. The van der Waals surface area contributed by atoms with Crippen LogP contribution < -0.4 is 5.32 Å². The number of nitrogens with one attached hydrogen (secondary N) is 1. The number of hydrogen-bond acceptors (Lipinski definition) is 2. The van der Waals surface area contributed by atoms with Gasteiger partial charge in [-0.2, -0.15) is 0 Å². The first-order valence-electron chi connectivity index (χ1n) is 6.86. The minimum atomic E-state index is 0.111. The smallest absolute Gasteiger partial charge is 0.0718 e. The van der Waals surface area contributed by atoms with Crippen molar-refractivity contribution in [1.82, 2.24) is 0 Å². The maximum absolute atomic E-state index is 5.75. The third-order valence-electron chi connectivity index (χ3n) is 3.18. The molecule has 0 amide bonds. The summed E-state index contributed by atoms with van der Waals surface area (Å²) < 4.78 is 5.75. The molecule has 0 saturated carbocycles. The molecule has 0 aromatic heterocycles. The summed E-state index contributed by atoms with van der Waals surface area (Å²) in [6.45, 7) is 7.19. The summed E-state index contributed by atoms with van der Waals surface area (Å²) in [6.07, 6.45) is 1.89. The van der Waals surface area contributed by atoms with Crippen molar-refractivity contribution >= 4 is 5.69 Å². The molecule has 0 aliphatic carbocycles. The molecule has 0 aliphatic rings. The zero-order valence-corrected chi connectivity index (χ0v) is 11.9. The van der Waals surface area contributed by atoms with E-state index in [1.54, 1.807) is 0 Å². The van der Waals surface area contributed by atoms with E-state index in [2.05, 4.69) is 43.1 Å². The van der Waals surface area contributed by atoms with Crippen LogP contribution in [-0.4, -0.2) is 12.6 Å². The Morgan fingerprint density at radius 2 is 1.80 bits per heavy atom. The van der Waals surface area contributed by atoms with Crippen molar-refractivity contribution < 1.29 is 4.74 Å². The van der Waals surface area contributed by atoms with E-state index in [1.807, 2.05) is 36.4 Å². The Bertz CT molecular complexity index is 536. The highest BCUT2D eigenvalue weighted by molar-refractivity contribution is 5.51. The lowest BCUT2D eigenvalue weighted by atomic mass is 10.2. The summed E-state index contributed by atoms with van der Waals surface area (Å²) in [7, 11) is 0. The monoisotopic (exact) mass is 267 g/mol.